The number of anilines is 1. The van der Waals surface area contributed by atoms with Crippen LogP contribution < -0.4 is 5.32 Å². The molecule has 0 unspecified atom stereocenters. The van der Waals surface area contributed by atoms with Crippen molar-refractivity contribution in [2.45, 2.75) is 26.8 Å². The Balaban J connectivity index is 1.91. The molecule has 2 rings (SSSR count). The van der Waals surface area contributed by atoms with Crippen LogP contribution in [0.25, 0.3) is 0 Å². The summed E-state index contributed by atoms with van der Waals surface area (Å²) < 4.78 is 13.0. The highest BCUT2D eigenvalue weighted by Gasteiger charge is 2.12. The number of hydrogen-bond acceptors (Lipinski definition) is 2. The molecular formula is C19H20ClFN2O2. The molecule has 0 fully saturated rings. The smallest absolute Gasteiger partial charge is 0.226 e. The first-order chi connectivity index (χ1) is 11.8. The van der Waals surface area contributed by atoms with Crippen molar-refractivity contribution in [2.75, 3.05) is 11.9 Å². The molecule has 0 bridgehead atoms. The van der Waals surface area contributed by atoms with E-state index in [2.05, 4.69) is 5.32 Å². The Morgan fingerprint density at radius 1 is 1.16 bits per heavy atom. The fourth-order valence-electron chi connectivity index (χ4n) is 2.29. The molecule has 0 aliphatic carbocycles. The van der Waals surface area contributed by atoms with Gasteiger partial charge in [-0.3, -0.25) is 9.59 Å². The molecule has 0 spiro atoms. The third-order valence-electron chi connectivity index (χ3n) is 3.80. The molecule has 0 atom stereocenters. The summed E-state index contributed by atoms with van der Waals surface area (Å²) in [7, 11) is 0. The molecule has 6 heteroatoms. The van der Waals surface area contributed by atoms with Crippen LogP contribution in [0.5, 0.6) is 0 Å². The van der Waals surface area contributed by atoms with E-state index in [4.69, 9.17) is 11.6 Å². The van der Waals surface area contributed by atoms with E-state index in [-0.39, 0.29) is 30.6 Å². The summed E-state index contributed by atoms with van der Waals surface area (Å²) in [6, 6.07) is 11.2. The van der Waals surface area contributed by atoms with E-state index in [9.17, 15) is 14.0 Å². The molecule has 0 aromatic heterocycles. The largest absolute Gasteiger partial charge is 0.338 e. The van der Waals surface area contributed by atoms with E-state index in [1.54, 1.807) is 29.2 Å². The number of halogens is 2. The number of aryl methyl sites for hydroxylation is 1. The Labute approximate surface area is 151 Å². The average molecular weight is 363 g/mol. The monoisotopic (exact) mass is 362 g/mol. The number of carbonyl (C=O) groups is 2. The highest BCUT2D eigenvalue weighted by molar-refractivity contribution is 6.31. The first-order valence-electron chi connectivity index (χ1n) is 7.91. The predicted molar refractivity (Wildman–Crippen MR) is 96.9 cm³/mol. The zero-order valence-corrected chi connectivity index (χ0v) is 14.9. The van der Waals surface area contributed by atoms with Gasteiger partial charge in [0.2, 0.25) is 11.8 Å². The van der Waals surface area contributed by atoms with Gasteiger partial charge in [-0.15, -0.1) is 0 Å². The highest BCUT2D eigenvalue weighted by atomic mass is 35.5. The molecule has 25 heavy (non-hydrogen) atoms. The van der Waals surface area contributed by atoms with Crippen LogP contribution in [0.1, 0.15) is 24.5 Å². The standard InChI is InChI=1S/C19H20ClFN2O2/c1-13-3-8-17(11-18(13)20)22-19(25)9-10-23(14(2)24)12-15-4-6-16(21)7-5-15/h3-8,11H,9-10,12H2,1-2H3,(H,22,25). The Morgan fingerprint density at radius 2 is 1.84 bits per heavy atom. The lowest BCUT2D eigenvalue weighted by molar-refractivity contribution is -0.129. The van der Waals surface area contributed by atoms with Gasteiger partial charge in [0.1, 0.15) is 5.82 Å². The molecule has 0 heterocycles. The van der Waals surface area contributed by atoms with Gasteiger partial charge in [0, 0.05) is 37.1 Å². The van der Waals surface area contributed by atoms with Crippen molar-refractivity contribution in [3.63, 3.8) is 0 Å². The molecule has 0 aliphatic heterocycles. The van der Waals surface area contributed by atoms with E-state index in [0.29, 0.717) is 17.3 Å². The second kappa shape index (κ2) is 8.62. The first-order valence-corrected chi connectivity index (χ1v) is 8.29. The molecule has 4 nitrogen and oxygen atoms in total. The van der Waals surface area contributed by atoms with Crippen LogP contribution in [0.2, 0.25) is 5.02 Å². The van der Waals surface area contributed by atoms with Crippen LogP contribution in [0.3, 0.4) is 0 Å². The lowest BCUT2D eigenvalue weighted by Crippen LogP contribution is -2.31. The number of amides is 2. The van der Waals surface area contributed by atoms with Crippen LogP contribution in [-0.2, 0) is 16.1 Å². The average Bonchev–Trinajstić information content (AvgIpc) is 2.56. The van der Waals surface area contributed by atoms with E-state index < -0.39 is 0 Å². The maximum atomic E-state index is 13.0. The van der Waals surface area contributed by atoms with Crippen LogP contribution >= 0.6 is 11.6 Å². The van der Waals surface area contributed by atoms with Gasteiger partial charge in [0.15, 0.2) is 0 Å². The number of carbonyl (C=O) groups excluding carboxylic acids is 2. The second-order valence-electron chi connectivity index (χ2n) is 5.83. The molecule has 132 valence electrons. The molecule has 0 radical (unpaired) electrons. The lowest BCUT2D eigenvalue weighted by Gasteiger charge is -2.21. The summed E-state index contributed by atoms with van der Waals surface area (Å²) in [5.74, 6) is -0.671. The first kappa shape index (κ1) is 18.9. The predicted octanol–water partition coefficient (Wildman–Crippen LogP) is 4.16. The Bertz CT molecular complexity index is 763. The summed E-state index contributed by atoms with van der Waals surface area (Å²) in [5.41, 5.74) is 2.36. The van der Waals surface area contributed by atoms with E-state index >= 15 is 0 Å². The van der Waals surface area contributed by atoms with Crippen molar-refractivity contribution in [1.82, 2.24) is 4.90 Å². The SMILES string of the molecule is CC(=O)N(CCC(=O)Nc1ccc(C)c(Cl)c1)Cc1ccc(F)cc1. The number of nitrogens with one attached hydrogen (secondary N) is 1. The minimum absolute atomic E-state index is 0.143. The molecule has 0 aliphatic rings. The fourth-order valence-corrected chi connectivity index (χ4v) is 2.47. The number of hydrogen-bond donors (Lipinski definition) is 1. The number of benzene rings is 2. The van der Waals surface area contributed by atoms with Gasteiger partial charge in [-0.1, -0.05) is 29.8 Å². The maximum absolute atomic E-state index is 13.0. The van der Waals surface area contributed by atoms with Crippen LogP contribution in [0.15, 0.2) is 42.5 Å². The lowest BCUT2D eigenvalue weighted by atomic mass is 10.2. The van der Waals surface area contributed by atoms with Crippen molar-refractivity contribution >= 4 is 29.1 Å². The van der Waals surface area contributed by atoms with Gasteiger partial charge in [0.25, 0.3) is 0 Å². The minimum atomic E-state index is -0.325. The van der Waals surface area contributed by atoms with Gasteiger partial charge in [-0.05, 0) is 42.3 Å². The van der Waals surface area contributed by atoms with Crippen molar-refractivity contribution in [3.8, 4) is 0 Å². The minimum Gasteiger partial charge on any atom is -0.338 e. The Hall–Kier alpha value is -2.40. The highest BCUT2D eigenvalue weighted by Crippen LogP contribution is 2.20. The van der Waals surface area contributed by atoms with Gasteiger partial charge < -0.3 is 10.2 Å². The molecule has 2 aromatic carbocycles. The summed E-state index contributed by atoms with van der Waals surface area (Å²) >= 11 is 6.04. The zero-order valence-electron chi connectivity index (χ0n) is 14.2. The summed E-state index contributed by atoms with van der Waals surface area (Å²) in [6.07, 6.45) is 0.159. The molecule has 1 N–H and O–H groups in total. The normalized spacial score (nSPS) is 10.4. The van der Waals surface area contributed by atoms with E-state index in [1.165, 1.54) is 19.1 Å². The third kappa shape index (κ3) is 5.87. The Kier molecular flexibility index (Phi) is 6.53. The second-order valence-corrected chi connectivity index (χ2v) is 6.24. The van der Waals surface area contributed by atoms with Crippen molar-refractivity contribution < 1.29 is 14.0 Å². The molecule has 2 aromatic rings. The van der Waals surface area contributed by atoms with Crippen LogP contribution in [-0.4, -0.2) is 23.3 Å². The Morgan fingerprint density at radius 3 is 2.44 bits per heavy atom. The molecule has 0 saturated heterocycles. The summed E-state index contributed by atoms with van der Waals surface area (Å²) in [6.45, 7) is 3.94. The third-order valence-corrected chi connectivity index (χ3v) is 4.20. The van der Waals surface area contributed by atoms with E-state index in [0.717, 1.165) is 11.1 Å². The summed E-state index contributed by atoms with van der Waals surface area (Å²) in [5, 5.41) is 3.35. The van der Waals surface area contributed by atoms with E-state index in [1.807, 2.05) is 13.0 Å². The number of nitrogens with zero attached hydrogens (tertiary/aromatic N) is 1. The van der Waals surface area contributed by atoms with Crippen molar-refractivity contribution in [3.05, 3.63) is 64.4 Å². The quantitative estimate of drug-likeness (QED) is 0.838. The molecular weight excluding hydrogens is 343 g/mol. The topological polar surface area (TPSA) is 49.4 Å². The molecule has 2 amide bonds. The van der Waals surface area contributed by atoms with Crippen molar-refractivity contribution in [1.29, 1.82) is 0 Å². The van der Waals surface area contributed by atoms with Crippen LogP contribution in [0.4, 0.5) is 10.1 Å². The van der Waals surface area contributed by atoms with Crippen molar-refractivity contribution in [2.24, 2.45) is 0 Å². The fraction of sp³-hybridized carbons (Fsp3) is 0.263. The van der Waals surface area contributed by atoms with Gasteiger partial charge in [-0.2, -0.15) is 0 Å². The number of rotatable bonds is 6. The van der Waals surface area contributed by atoms with Gasteiger partial charge in [0.05, 0.1) is 0 Å². The van der Waals surface area contributed by atoms with Gasteiger partial charge in [-0.25, -0.2) is 4.39 Å². The molecule has 0 saturated carbocycles. The van der Waals surface area contributed by atoms with Gasteiger partial charge >= 0.3 is 0 Å². The maximum Gasteiger partial charge on any atom is 0.226 e. The van der Waals surface area contributed by atoms with Crippen LogP contribution in [0, 0.1) is 12.7 Å². The zero-order chi connectivity index (χ0) is 18.4. The summed E-state index contributed by atoms with van der Waals surface area (Å²) in [4.78, 5) is 25.4.